The lowest BCUT2D eigenvalue weighted by atomic mass is 10.1. The molecule has 3 aromatic rings. The first-order chi connectivity index (χ1) is 13.1. The van der Waals surface area contributed by atoms with Crippen molar-refractivity contribution in [3.05, 3.63) is 66.2 Å². The van der Waals surface area contributed by atoms with Crippen LogP contribution < -0.4 is 14.8 Å². The molecule has 0 radical (unpaired) electrons. The lowest BCUT2D eigenvalue weighted by Gasteiger charge is -2.10. The summed E-state index contributed by atoms with van der Waals surface area (Å²) in [6.45, 7) is -0.389. The van der Waals surface area contributed by atoms with Gasteiger partial charge in [0.05, 0.1) is 19.8 Å². The van der Waals surface area contributed by atoms with E-state index in [0.29, 0.717) is 17.2 Å². The molecule has 0 bridgehead atoms. The van der Waals surface area contributed by atoms with E-state index < -0.39 is 11.9 Å². The molecule has 3 rings (SSSR count). The maximum atomic E-state index is 12.1. The number of rotatable bonds is 6. The molecule has 6 nitrogen and oxygen atoms in total. The standard InChI is InChI=1S/C21H19NO5/c1-25-18-10-8-16(12-19(18)26-2)21(24)27-13-20(23)22-17-9-7-14-5-3-4-6-15(14)11-17/h3-12H,13H2,1-2H3,(H,22,23). The number of esters is 1. The van der Waals surface area contributed by atoms with Gasteiger partial charge in [-0.25, -0.2) is 4.79 Å². The van der Waals surface area contributed by atoms with Gasteiger partial charge in [0.25, 0.3) is 5.91 Å². The third-order valence-corrected chi connectivity index (χ3v) is 3.99. The fraction of sp³-hybridized carbons (Fsp3) is 0.143. The average molecular weight is 365 g/mol. The van der Waals surface area contributed by atoms with Gasteiger partial charge in [0.1, 0.15) is 0 Å². The van der Waals surface area contributed by atoms with E-state index in [1.165, 1.54) is 20.3 Å². The molecule has 0 saturated heterocycles. The van der Waals surface area contributed by atoms with Crippen LogP contribution in [-0.4, -0.2) is 32.7 Å². The second-order valence-electron chi connectivity index (χ2n) is 5.76. The van der Waals surface area contributed by atoms with Crippen LogP contribution in [0.15, 0.2) is 60.7 Å². The van der Waals surface area contributed by atoms with E-state index in [0.717, 1.165) is 10.8 Å². The number of hydrogen-bond donors (Lipinski definition) is 1. The number of amides is 1. The molecule has 1 N–H and O–H groups in total. The number of carbonyl (C=O) groups is 2. The third kappa shape index (κ3) is 4.36. The summed E-state index contributed by atoms with van der Waals surface area (Å²) >= 11 is 0. The zero-order valence-corrected chi connectivity index (χ0v) is 15.0. The van der Waals surface area contributed by atoms with Crippen LogP contribution in [0.4, 0.5) is 5.69 Å². The van der Waals surface area contributed by atoms with Gasteiger partial charge in [-0.3, -0.25) is 4.79 Å². The number of ether oxygens (including phenoxy) is 3. The largest absolute Gasteiger partial charge is 0.493 e. The SMILES string of the molecule is COc1ccc(C(=O)OCC(=O)Nc2ccc3ccccc3c2)cc1OC. The normalized spacial score (nSPS) is 10.3. The molecule has 0 atom stereocenters. The summed E-state index contributed by atoms with van der Waals surface area (Å²) in [6, 6.07) is 18.1. The zero-order chi connectivity index (χ0) is 19.2. The Morgan fingerprint density at radius 3 is 2.33 bits per heavy atom. The van der Waals surface area contributed by atoms with E-state index >= 15 is 0 Å². The molecule has 1 amide bonds. The van der Waals surface area contributed by atoms with Crippen molar-refractivity contribution < 1.29 is 23.8 Å². The van der Waals surface area contributed by atoms with Gasteiger partial charge in [-0.2, -0.15) is 0 Å². The first kappa shape index (κ1) is 18.3. The van der Waals surface area contributed by atoms with Gasteiger partial charge >= 0.3 is 5.97 Å². The van der Waals surface area contributed by atoms with Crippen LogP contribution in [0.5, 0.6) is 11.5 Å². The maximum Gasteiger partial charge on any atom is 0.338 e. The number of anilines is 1. The number of carbonyl (C=O) groups excluding carboxylic acids is 2. The molecule has 0 unspecified atom stereocenters. The quantitative estimate of drug-likeness (QED) is 0.675. The molecule has 3 aromatic carbocycles. The van der Waals surface area contributed by atoms with Gasteiger partial charge < -0.3 is 19.5 Å². The van der Waals surface area contributed by atoms with Crippen molar-refractivity contribution in [2.24, 2.45) is 0 Å². The second-order valence-corrected chi connectivity index (χ2v) is 5.76. The first-order valence-corrected chi connectivity index (χ1v) is 8.28. The summed E-state index contributed by atoms with van der Waals surface area (Å²) in [7, 11) is 2.98. The predicted octanol–water partition coefficient (Wildman–Crippen LogP) is 3.65. The smallest absolute Gasteiger partial charge is 0.338 e. The Kier molecular flexibility index (Phi) is 5.56. The second kappa shape index (κ2) is 8.23. The van der Waals surface area contributed by atoms with Gasteiger partial charge in [-0.05, 0) is 41.1 Å². The van der Waals surface area contributed by atoms with Crippen LogP contribution in [0.3, 0.4) is 0 Å². The lowest BCUT2D eigenvalue weighted by molar-refractivity contribution is -0.119. The molecule has 0 aliphatic heterocycles. The number of nitrogens with one attached hydrogen (secondary N) is 1. The number of benzene rings is 3. The van der Waals surface area contributed by atoms with E-state index in [-0.39, 0.29) is 12.2 Å². The number of hydrogen-bond acceptors (Lipinski definition) is 5. The van der Waals surface area contributed by atoms with Crippen molar-refractivity contribution in [1.82, 2.24) is 0 Å². The summed E-state index contributed by atoms with van der Waals surface area (Å²) in [4.78, 5) is 24.2. The van der Waals surface area contributed by atoms with Crippen LogP contribution in [0.1, 0.15) is 10.4 Å². The van der Waals surface area contributed by atoms with Crippen LogP contribution >= 0.6 is 0 Å². The molecule has 6 heteroatoms. The highest BCUT2D eigenvalue weighted by molar-refractivity contribution is 5.97. The van der Waals surface area contributed by atoms with Crippen LogP contribution in [0, 0.1) is 0 Å². The van der Waals surface area contributed by atoms with Gasteiger partial charge in [0.2, 0.25) is 0 Å². The first-order valence-electron chi connectivity index (χ1n) is 8.28. The van der Waals surface area contributed by atoms with E-state index in [9.17, 15) is 9.59 Å². The minimum atomic E-state index is -0.621. The molecule has 0 aromatic heterocycles. The molecular weight excluding hydrogens is 346 g/mol. The highest BCUT2D eigenvalue weighted by Crippen LogP contribution is 2.27. The van der Waals surface area contributed by atoms with Gasteiger partial charge in [0.15, 0.2) is 18.1 Å². The Hall–Kier alpha value is -3.54. The molecule has 0 fully saturated rings. The summed E-state index contributed by atoms with van der Waals surface area (Å²) in [5, 5.41) is 4.81. The molecular formula is C21H19NO5. The highest BCUT2D eigenvalue weighted by atomic mass is 16.5. The molecule has 138 valence electrons. The Balaban J connectivity index is 1.60. The van der Waals surface area contributed by atoms with Crippen LogP contribution in [-0.2, 0) is 9.53 Å². The molecule has 0 aliphatic rings. The van der Waals surface area contributed by atoms with Crippen LogP contribution in [0.25, 0.3) is 10.8 Å². The average Bonchev–Trinajstić information content (AvgIpc) is 2.71. The van der Waals surface area contributed by atoms with E-state index in [1.54, 1.807) is 18.2 Å². The van der Waals surface area contributed by atoms with Crippen molar-refractivity contribution in [1.29, 1.82) is 0 Å². The highest BCUT2D eigenvalue weighted by Gasteiger charge is 2.14. The zero-order valence-electron chi connectivity index (χ0n) is 15.0. The van der Waals surface area contributed by atoms with E-state index in [2.05, 4.69) is 5.32 Å². The van der Waals surface area contributed by atoms with Crippen molar-refractivity contribution >= 4 is 28.3 Å². The minimum absolute atomic E-state index is 0.270. The molecule has 0 aliphatic carbocycles. The van der Waals surface area contributed by atoms with Gasteiger partial charge in [-0.1, -0.05) is 30.3 Å². The predicted molar refractivity (Wildman–Crippen MR) is 102 cm³/mol. The fourth-order valence-corrected chi connectivity index (χ4v) is 2.64. The summed E-state index contributed by atoms with van der Waals surface area (Å²) in [5.74, 6) is -0.126. The topological polar surface area (TPSA) is 73.9 Å². The van der Waals surface area contributed by atoms with Gasteiger partial charge in [-0.15, -0.1) is 0 Å². The Bertz CT molecular complexity index is 983. The van der Waals surface area contributed by atoms with Crippen molar-refractivity contribution in [3.63, 3.8) is 0 Å². The van der Waals surface area contributed by atoms with Crippen LogP contribution in [0.2, 0.25) is 0 Å². The summed E-state index contributed by atoms with van der Waals surface area (Å²) in [5.41, 5.74) is 0.909. The monoisotopic (exact) mass is 365 g/mol. The molecule has 27 heavy (non-hydrogen) atoms. The Morgan fingerprint density at radius 2 is 1.59 bits per heavy atom. The van der Waals surface area contributed by atoms with E-state index in [1.807, 2.05) is 36.4 Å². The summed E-state index contributed by atoms with van der Waals surface area (Å²) in [6.07, 6.45) is 0. The minimum Gasteiger partial charge on any atom is -0.493 e. The Labute approximate surface area is 156 Å². The molecule has 0 saturated carbocycles. The number of fused-ring (bicyclic) bond motifs is 1. The number of methoxy groups -OCH3 is 2. The Morgan fingerprint density at radius 1 is 0.852 bits per heavy atom. The van der Waals surface area contributed by atoms with Crippen molar-refractivity contribution in [3.8, 4) is 11.5 Å². The molecule has 0 heterocycles. The van der Waals surface area contributed by atoms with E-state index in [4.69, 9.17) is 14.2 Å². The summed E-state index contributed by atoms with van der Waals surface area (Å²) < 4.78 is 15.4. The van der Waals surface area contributed by atoms with Gasteiger partial charge in [0, 0.05) is 5.69 Å². The van der Waals surface area contributed by atoms with Crippen molar-refractivity contribution in [2.75, 3.05) is 26.1 Å². The third-order valence-electron chi connectivity index (χ3n) is 3.99. The van der Waals surface area contributed by atoms with Crippen molar-refractivity contribution in [2.45, 2.75) is 0 Å². The fourth-order valence-electron chi connectivity index (χ4n) is 2.64. The maximum absolute atomic E-state index is 12.1. The molecule has 0 spiro atoms. The lowest BCUT2D eigenvalue weighted by Crippen LogP contribution is -2.20.